The van der Waals surface area contributed by atoms with E-state index in [-0.39, 0.29) is 0 Å². The van der Waals surface area contributed by atoms with Crippen LogP contribution in [-0.4, -0.2) is 31.6 Å². The summed E-state index contributed by atoms with van der Waals surface area (Å²) in [7, 11) is 4.22. The largest absolute Gasteiger partial charge is 0.312 e. The van der Waals surface area contributed by atoms with Crippen LogP contribution >= 0.6 is 0 Å². The summed E-state index contributed by atoms with van der Waals surface area (Å²) in [4.78, 5) is 2.38. The Balaban J connectivity index is 2.89. The van der Waals surface area contributed by atoms with Gasteiger partial charge >= 0.3 is 0 Å². The van der Waals surface area contributed by atoms with E-state index < -0.39 is 0 Å². The van der Waals surface area contributed by atoms with Gasteiger partial charge in [-0.2, -0.15) is 0 Å². The Morgan fingerprint density at radius 2 is 1.88 bits per heavy atom. The molecule has 1 aromatic rings. The van der Waals surface area contributed by atoms with Crippen molar-refractivity contribution in [2.75, 3.05) is 20.6 Å². The summed E-state index contributed by atoms with van der Waals surface area (Å²) >= 11 is 0. The van der Waals surface area contributed by atoms with Crippen LogP contribution in [0.25, 0.3) is 0 Å². The lowest BCUT2D eigenvalue weighted by Gasteiger charge is -2.28. The molecule has 2 nitrogen and oxygen atoms in total. The Kier molecular flexibility index (Phi) is 5.16. The molecule has 0 aliphatic carbocycles. The molecular weight excluding hydrogens is 208 g/mol. The maximum Gasteiger partial charge on any atom is 0.0449 e. The minimum absolute atomic E-state index is 0.405. The Labute approximate surface area is 106 Å². The van der Waals surface area contributed by atoms with Gasteiger partial charge in [-0.25, -0.2) is 0 Å². The van der Waals surface area contributed by atoms with Crippen LogP contribution in [0.4, 0.5) is 0 Å². The third kappa shape index (κ3) is 3.83. The molecule has 0 bridgehead atoms. The number of nitrogens with one attached hydrogen (secondary N) is 1. The summed E-state index contributed by atoms with van der Waals surface area (Å²) in [5, 5.41) is 3.43. The zero-order valence-electron chi connectivity index (χ0n) is 12.0. The van der Waals surface area contributed by atoms with Crippen molar-refractivity contribution in [3.63, 3.8) is 0 Å². The van der Waals surface area contributed by atoms with E-state index in [2.05, 4.69) is 63.2 Å². The molecule has 2 heteroatoms. The maximum absolute atomic E-state index is 3.43. The van der Waals surface area contributed by atoms with Gasteiger partial charge in [0.05, 0.1) is 0 Å². The summed E-state index contributed by atoms with van der Waals surface area (Å²) in [5.41, 5.74) is 4.12. The van der Waals surface area contributed by atoms with Crippen molar-refractivity contribution in [2.45, 2.75) is 39.8 Å². The molecule has 96 valence electrons. The molecule has 0 amide bonds. The molecule has 17 heavy (non-hydrogen) atoms. The second-order valence-corrected chi connectivity index (χ2v) is 5.23. The molecule has 1 aromatic carbocycles. The Hall–Kier alpha value is -0.860. The van der Waals surface area contributed by atoms with Gasteiger partial charge in [-0.1, -0.05) is 23.8 Å². The molecule has 0 radical (unpaired) electrons. The zero-order chi connectivity index (χ0) is 13.0. The van der Waals surface area contributed by atoms with Gasteiger partial charge in [0, 0.05) is 18.6 Å². The molecule has 0 saturated carbocycles. The number of likely N-dealkylation sites (N-methyl/N-ethyl adjacent to an activating group) is 2. The molecule has 1 atom stereocenters. The lowest BCUT2D eigenvalue weighted by atomic mass is 9.98. The Bertz CT molecular complexity index is 358. The quantitative estimate of drug-likeness (QED) is 0.842. The van der Waals surface area contributed by atoms with E-state index in [0.29, 0.717) is 12.1 Å². The third-order valence-electron chi connectivity index (χ3n) is 3.51. The second-order valence-electron chi connectivity index (χ2n) is 5.23. The van der Waals surface area contributed by atoms with Crippen LogP contribution in [0.3, 0.4) is 0 Å². The lowest BCUT2D eigenvalue weighted by molar-refractivity contribution is 0.246. The average molecular weight is 234 g/mol. The van der Waals surface area contributed by atoms with Crippen LogP contribution in [0.1, 0.15) is 36.6 Å². The van der Waals surface area contributed by atoms with E-state index in [1.807, 2.05) is 7.05 Å². The highest BCUT2D eigenvalue weighted by molar-refractivity contribution is 5.33. The van der Waals surface area contributed by atoms with Gasteiger partial charge in [-0.15, -0.1) is 0 Å². The van der Waals surface area contributed by atoms with Crippen LogP contribution in [0.15, 0.2) is 18.2 Å². The van der Waals surface area contributed by atoms with Gasteiger partial charge in [0.25, 0.3) is 0 Å². The monoisotopic (exact) mass is 234 g/mol. The number of hydrogen-bond acceptors (Lipinski definition) is 2. The number of rotatable bonds is 5. The SMILES string of the molecule is CNC(CN(C)C(C)C)c1cc(C)ccc1C. The lowest BCUT2D eigenvalue weighted by Crippen LogP contribution is -2.35. The molecular formula is C15H26N2. The number of hydrogen-bond donors (Lipinski definition) is 1. The third-order valence-corrected chi connectivity index (χ3v) is 3.51. The van der Waals surface area contributed by atoms with Crippen molar-refractivity contribution in [3.8, 4) is 0 Å². The highest BCUT2D eigenvalue weighted by Crippen LogP contribution is 2.20. The van der Waals surface area contributed by atoms with Gasteiger partial charge in [-0.05, 0) is 52.9 Å². The molecule has 0 saturated heterocycles. The fourth-order valence-electron chi connectivity index (χ4n) is 1.98. The molecule has 0 heterocycles. The first-order chi connectivity index (χ1) is 7.95. The minimum Gasteiger partial charge on any atom is -0.312 e. The van der Waals surface area contributed by atoms with Crippen molar-refractivity contribution in [1.82, 2.24) is 10.2 Å². The van der Waals surface area contributed by atoms with Gasteiger partial charge < -0.3 is 10.2 Å². The Morgan fingerprint density at radius 1 is 1.24 bits per heavy atom. The smallest absolute Gasteiger partial charge is 0.0449 e. The molecule has 0 aromatic heterocycles. The van der Waals surface area contributed by atoms with Crippen LogP contribution in [-0.2, 0) is 0 Å². The van der Waals surface area contributed by atoms with Crippen molar-refractivity contribution in [3.05, 3.63) is 34.9 Å². The first kappa shape index (κ1) is 14.2. The maximum atomic E-state index is 3.43. The standard InChI is InChI=1S/C15H26N2/c1-11(2)17(6)10-15(16-5)14-9-12(3)7-8-13(14)4/h7-9,11,15-16H,10H2,1-6H3. The first-order valence-corrected chi connectivity index (χ1v) is 6.40. The van der Waals surface area contributed by atoms with Gasteiger partial charge in [0.15, 0.2) is 0 Å². The van der Waals surface area contributed by atoms with E-state index in [1.54, 1.807) is 0 Å². The van der Waals surface area contributed by atoms with Crippen LogP contribution in [0.2, 0.25) is 0 Å². The van der Waals surface area contributed by atoms with Crippen molar-refractivity contribution >= 4 is 0 Å². The van der Waals surface area contributed by atoms with Crippen molar-refractivity contribution < 1.29 is 0 Å². The van der Waals surface area contributed by atoms with Gasteiger partial charge in [0.2, 0.25) is 0 Å². The minimum atomic E-state index is 0.405. The second kappa shape index (κ2) is 6.18. The molecule has 0 aliphatic heterocycles. The van der Waals surface area contributed by atoms with E-state index in [0.717, 1.165) is 6.54 Å². The first-order valence-electron chi connectivity index (χ1n) is 6.40. The van der Waals surface area contributed by atoms with Gasteiger partial charge in [0.1, 0.15) is 0 Å². The number of benzene rings is 1. The summed E-state index contributed by atoms with van der Waals surface area (Å²) in [6.07, 6.45) is 0. The average Bonchev–Trinajstić information content (AvgIpc) is 2.29. The fourth-order valence-corrected chi connectivity index (χ4v) is 1.98. The van der Waals surface area contributed by atoms with E-state index in [4.69, 9.17) is 0 Å². The van der Waals surface area contributed by atoms with Crippen LogP contribution in [0, 0.1) is 13.8 Å². The van der Waals surface area contributed by atoms with E-state index >= 15 is 0 Å². The van der Waals surface area contributed by atoms with Crippen LogP contribution in [0.5, 0.6) is 0 Å². The topological polar surface area (TPSA) is 15.3 Å². The molecule has 1 rings (SSSR count). The molecule has 0 aliphatic rings. The van der Waals surface area contributed by atoms with Gasteiger partial charge in [-0.3, -0.25) is 0 Å². The highest BCUT2D eigenvalue weighted by atomic mass is 15.1. The summed E-state index contributed by atoms with van der Waals surface area (Å²) in [5.74, 6) is 0. The van der Waals surface area contributed by atoms with E-state index in [9.17, 15) is 0 Å². The summed E-state index contributed by atoms with van der Waals surface area (Å²) in [6, 6.07) is 7.67. The number of nitrogens with zero attached hydrogens (tertiary/aromatic N) is 1. The predicted octanol–water partition coefficient (Wildman–Crippen LogP) is 2.90. The number of aryl methyl sites for hydroxylation is 2. The van der Waals surface area contributed by atoms with E-state index in [1.165, 1.54) is 16.7 Å². The molecule has 1 N–H and O–H groups in total. The molecule has 0 fully saturated rings. The zero-order valence-corrected chi connectivity index (χ0v) is 12.0. The molecule has 0 spiro atoms. The normalized spacial score (nSPS) is 13.4. The fraction of sp³-hybridized carbons (Fsp3) is 0.600. The highest BCUT2D eigenvalue weighted by Gasteiger charge is 2.15. The predicted molar refractivity (Wildman–Crippen MR) is 75.5 cm³/mol. The van der Waals surface area contributed by atoms with Crippen molar-refractivity contribution in [1.29, 1.82) is 0 Å². The summed E-state index contributed by atoms with van der Waals surface area (Å²) in [6.45, 7) is 9.85. The van der Waals surface area contributed by atoms with Crippen molar-refractivity contribution in [2.24, 2.45) is 0 Å². The Morgan fingerprint density at radius 3 is 2.41 bits per heavy atom. The van der Waals surface area contributed by atoms with Crippen LogP contribution < -0.4 is 5.32 Å². The molecule has 1 unspecified atom stereocenters. The summed E-state index contributed by atoms with van der Waals surface area (Å²) < 4.78 is 0.